The van der Waals surface area contributed by atoms with E-state index in [9.17, 15) is 8.78 Å². The maximum absolute atomic E-state index is 12.8. The third-order valence-corrected chi connectivity index (χ3v) is 1.58. The topological polar surface area (TPSA) is 15.8 Å². The van der Waals surface area contributed by atoms with Crippen LogP contribution in [0.25, 0.3) is 10.9 Å². The van der Waals surface area contributed by atoms with Gasteiger partial charge >= 0.3 is 0 Å². The van der Waals surface area contributed by atoms with Gasteiger partial charge in [-0.3, -0.25) is 0 Å². The van der Waals surface area contributed by atoms with E-state index in [2.05, 4.69) is 4.98 Å². The minimum absolute atomic E-state index is 0.296. The fraction of sp³-hybridized carbons (Fsp3) is 0. The van der Waals surface area contributed by atoms with Crippen LogP contribution >= 0.6 is 0 Å². The van der Waals surface area contributed by atoms with Crippen LogP contribution in [0.2, 0.25) is 0 Å². The number of halogens is 2. The number of aromatic amines is 1. The van der Waals surface area contributed by atoms with E-state index in [-0.39, 0.29) is 0 Å². The summed E-state index contributed by atoms with van der Waals surface area (Å²) in [4.78, 5) is 2.39. The molecule has 1 aromatic carbocycles. The largest absolute Gasteiger partial charge is 0.331 e. The van der Waals surface area contributed by atoms with Crippen molar-refractivity contribution in [2.45, 2.75) is 0 Å². The molecule has 0 aliphatic carbocycles. The number of aromatic nitrogens is 1. The van der Waals surface area contributed by atoms with E-state index in [1.165, 1.54) is 12.1 Å². The molecule has 1 aromatic heterocycles. The Morgan fingerprint density at radius 3 is 2.73 bits per heavy atom. The first-order chi connectivity index (χ1) is 5.27. The molecule has 0 bridgehead atoms. The Morgan fingerprint density at radius 2 is 2.00 bits per heavy atom. The van der Waals surface area contributed by atoms with Crippen molar-refractivity contribution in [3.63, 3.8) is 0 Å². The van der Waals surface area contributed by atoms with Crippen LogP contribution in [0.1, 0.15) is 0 Å². The molecule has 56 valence electrons. The Hall–Kier alpha value is -1.38. The molecule has 1 N–H and O–H groups in total. The number of benzene rings is 1. The van der Waals surface area contributed by atoms with Crippen LogP contribution in [0.4, 0.5) is 8.78 Å². The third kappa shape index (κ3) is 0.888. The monoisotopic (exact) mass is 153 g/mol. The number of hydrogen-bond donors (Lipinski definition) is 1. The van der Waals surface area contributed by atoms with Crippen molar-refractivity contribution >= 4 is 10.9 Å². The molecule has 0 saturated heterocycles. The molecule has 0 aliphatic rings. The summed E-state index contributed by atoms with van der Waals surface area (Å²) >= 11 is 0. The molecule has 3 heteroatoms. The van der Waals surface area contributed by atoms with Gasteiger partial charge in [-0.25, -0.2) is 4.39 Å². The molecule has 0 fully saturated rings. The van der Waals surface area contributed by atoms with Gasteiger partial charge in [0.15, 0.2) is 5.95 Å². The molecule has 1 heterocycles. The highest BCUT2D eigenvalue weighted by molar-refractivity contribution is 5.79. The predicted molar refractivity (Wildman–Crippen MR) is 38.2 cm³/mol. The van der Waals surface area contributed by atoms with E-state index in [0.29, 0.717) is 10.9 Å². The predicted octanol–water partition coefficient (Wildman–Crippen LogP) is 2.45. The van der Waals surface area contributed by atoms with Gasteiger partial charge in [0.1, 0.15) is 5.82 Å². The lowest BCUT2D eigenvalue weighted by Gasteiger charge is -1.88. The summed E-state index contributed by atoms with van der Waals surface area (Å²) in [5.41, 5.74) is 0.488. The van der Waals surface area contributed by atoms with E-state index in [4.69, 9.17) is 0 Å². The Labute approximate surface area is 61.7 Å². The lowest BCUT2D eigenvalue weighted by atomic mass is 10.2. The third-order valence-electron chi connectivity index (χ3n) is 1.58. The lowest BCUT2D eigenvalue weighted by Crippen LogP contribution is -1.72. The fourth-order valence-corrected chi connectivity index (χ4v) is 1.08. The number of hydrogen-bond acceptors (Lipinski definition) is 0. The van der Waals surface area contributed by atoms with Crippen molar-refractivity contribution in [2.75, 3.05) is 0 Å². The first-order valence-electron chi connectivity index (χ1n) is 3.20. The zero-order valence-electron chi connectivity index (χ0n) is 5.57. The molecule has 2 aromatic rings. The van der Waals surface area contributed by atoms with Gasteiger partial charge < -0.3 is 4.98 Å². The van der Waals surface area contributed by atoms with E-state index in [1.807, 2.05) is 0 Å². The van der Waals surface area contributed by atoms with Gasteiger partial charge in [0.05, 0.1) is 5.52 Å². The Balaban J connectivity index is 2.90. The standard InChI is InChI=1S/C8H5F2N/c9-6-2-1-3-7-5(6)4-8(10)11-7/h1-4,11H. The summed E-state index contributed by atoms with van der Waals surface area (Å²) in [7, 11) is 0. The maximum atomic E-state index is 12.8. The first-order valence-corrected chi connectivity index (χ1v) is 3.20. The minimum atomic E-state index is -0.509. The maximum Gasteiger partial charge on any atom is 0.192 e. The number of nitrogens with one attached hydrogen (secondary N) is 1. The van der Waals surface area contributed by atoms with Gasteiger partial charge in [-0.15, -0.1) is 0 Å². The van der Waals surface area contributed by atoms with Crippen LogP contribution in [-0.4, -0.2) is 4.98 Å². The molecule has 0 aliphatic heterocycles. The summed E-state index contributed by atoms with van der Waals surface area (Å²) in [6.07, 6.45) is 0. The average molecular weight is 153 g/mol. The van der Waals surface area contributed by atoms with Gasteiger partial charge in [0, 0.05) is 11.5 Å². The van der Waals surface area contributed by atoms with Crippen molar-refractivity contribution in [3.05, 3.63) is 36.0 Å². The highest BCUT2D eigenvalue weighted by Crippen LogP contribution is 2.17. The zero-order chi connectivity index (χ0) is 7.84. The van der Waals surface area contributed by atoms with Crippen LogP contribution < -0.4 is 0 Å². The number of H-pyrrole nitrogens is 1. The van der Waals surface area contributed by atoms with Gasteiger partial charge in [-0.2, -0.15) is 4.39 Å². The molecule has 0 radical (unpaired) electrons. The number of rotatable bonds is 0. The molecule has 0 unspecified atom stereocenters. The van der Waals surface area contributed by atoms with Gasteiger partial charge in [-0.1, -0.05) is 6.07 Å². The molecule has 2 rings (SSSR count). The normalized spacial score (nSPS) is 10.7. The Bertz CT molecular complexity index is 392. The van der Waals surface area contributed by atoms with Crippen molar-refractivity contribution in [1.29, 1.82) is 0 Å². The summed E-state index contributed by atoms with van der Waals surface area (Å²) in [5.74, 6) is -0.909. The SMILES string of the molecule is Fc1cc2c(F)cccc2[nH]1. The Morgan fingerprint density at radius 1 is 1.18 bits per heavy atom. The molecular formula is C8H5F2N. The molecule has 11 heavy (non-hydrogen) atoms. The lowest BCUT2D eigenvalue weighted by molar-refractivity contribution is 0.594. The van der Waals surface area contributed by atoms with Crippen molar-refractivity contribution in [2.24, 2.45) is 0 Å². The van der Waals surface area contributed by atoms with Crippen LogP contribution in [0, 0.1) is 11.8 Å². The summed E-state index contributed by atoms with van der Waals surface area (Å²) in [6.45, 7) is 0. The van der Waals surface area contributed by atoms with Crippen LogP contribution in [0.5, 0.6) is 0 Å². The van der Waals surface area contributed by atoms with Crippen LogP contribution in [0.15, 0.2) is 24.3 Å². The van der Waals surface area contributed by atoms with Crippen LogP contribution in [-0.2, 0) is 0 Å². The minimum Gasteiger partial charge on any atom is -0.331 e. The summed E-state index contributed by atoms with van der Waals surface area (Å²) < 4.78 is 25.3. The van der Waals surface area contributed by atoms with Crippen molar-refractivity contribution < 1.29 is 8.78 Å². The van der Waals surface area contributed by atoms with Gasteiger partial charge in [0.25, 0.3) is 0 Å². The molecule has 1 nitrogen and oxygen atoms in total. The second-order valence-corrected chi connectivity index (χ2v) is 2.32. The zero-order valence-corrected chi connectivity index (χ0v) is 5.57. The Kier molecular flexibility index (Phi) is 1.18. The second-order valence-electron chi connectivity index (χ2n) is 2.32. The first kappa shape index (κ1) is 6.34. The summed E-state index contributed by atoms with van der Waals surface area (Å²) in [5, 5.41) is 0.296. The second kappa shape index (κ2) is 2.05. The van der Waals surface area contributed by atoms with Crippen LogP contribution in [0.3, 0.4) is 0 Å². The molecule has 0 saturated carbocycles. The fourth-order valence-electron chi connectivity index (χ4n) is 1.08. The molecule has 0 amide bonds. The molecule has 0 atom stereocenters. The van der Waals surface area contributed by atoms with E-state index in [1.54, 1.807) is 6.07 Å². The van der Waals surface area contributed by atoms with Gasteiger partial charge in [-0.05, 0) is 12.1 Å². The molecular weight excluding hydrogens is 148 g/mol. The van der Waals surface area contributed by atoms with E-state index in [0.717, 1.165) is 6.07 Å². The highest BCUT2D eigenvalue weighted by Gasteiger charge is 2.02. The van der Waals surface area contributed by atoms with E-state index >= 15 is 0 Å². The number of fused-ring (bicyclic) bond motifs is 1. The quantitative estimate of drug-likeness (QED) is 0.598. The van der Waals surface area contributed by atoms with E-state index < -0.39 is 11.8 Å². The van der Waals surface area contributed by atoms with Gasteiger partial charge in [0.2, 0.25) is 0 Å². The van der Waals surface area contributed by atoms with Crippen molar-refractivity contribution in [3.8, 4) is 0 Å². The summed E-state index contributed by atoms with van der Waals surface area (Å²) in [6, 6.07) is 5.61. The molecule has 0 spiro atoms. The highest BCUT2D eigenvalue weighted by atomic mass is 19.1. The van der Waals surface area contributed by atoms with Crippen molar-refractivity contribution in [1.82, 2.24) is 4.98 Å². The smallest absolute Gasteiger partial charge is 0.192 e. The average Bonchev–Trinajstić information content (AvgIpc) is 2.31.